The van der Waals surface area contributed by atoms with Gasteiger partial charge in [-0.05, 0) is 61.2 Å². The molecule has 0 N–H and O–H groups in total. The topological polar surface area (TPSA) is 31.8 Å². The summed E-state index contributed by atoms with van der Waals surface area (Å²) in [5.74, 6) is 1.38. The lowest BCUT2D eigenvalue weighted by molar-refractivity contribution is 0.162. The Labute approximate surface area is 245 Å². The van der Waals surface area contributed by atoms with Crippen LogP contribution in [-0.2, 0) is 24.4 Å². The summed E-state index contributed by atoms with van der Waals surface area (Å²) in [6.45, 7) is 19.3. The fourth-order valence-corrected chi connectivity index (χ4v) is 5.12. The Morgan fingerprint density at radius 1 is 0.900 bits per heavy atom. The average molecular weight is 569 g/mol. The van der Waals surface area contributed by atoms with Gasteiger partial charge in [0.1, 0.15) is 11.6 Å². The molecule has 0 atom stereocenters. The van der Waals surface area contributed by atoms with Crippen molar-refractivity contribution in [1.29, 1.82) is 0 Å². The van der Waals surface area contributed by atoms with E-state index in [2.05, 4.69) is 70.8 Å². The molecular weight excluding hydrogens is 523 g/mol. The molecule has 3 aromatic rings. The number of hydrogen-bond donors (Lipinski definition) is 0. The second kappa shape index (κ2) is 16.7. The lowest BCUT2D eigenvalue weighted by Gasteiger charge is -2.36. The number of benzene rings is 2. The zero-order valence-electron chi connectivity index (χ0n) is 24.9. The molecule has 1 aliphatic heterocycles. The van der Waals surface area contributed by atoms with Crippen LogP contribution >= 0.6 is 11.6 Å². The average Bonchev–Trinajstić information content (AvgIpc) is 2.96. The highest BCUT2D eigenvalue weighted by molar-refractivity contribution is 6.31. The summed E-state index contributed by atoms with van der Waals surface area (Å²) in [6.07, 6.45) is 1.90. The maximum atomic E-state index is 14.2. The molecule has 1 aromatic heterocycles. The molecule has 4 rings (SSSR count). The molecule has 2 aromatic carbocycles. The van der Waals surface area contributed by atoms with Crippen LogP contribution in [0.2, 0.25) is 5.02 Å². The molecule has 1 fully saturated rings. The molecule has 0 radical (unpaired) electrons. The van der Waals surface area contributed by atoms with Crippen LogP contribution in [0.25, 0.3) is 0 Å². The summed E-state index contributed by atoms with van der Waals surface area (Å²) in [5, 5.41) is 0.488. The van der Waals surface area contributed by atoms with Crippen LogP contribution in [-0.4, -0.2) is 60.7 Å². The van der Waals surface area contributed by atoms with Gasteiger partial charge in [-0.2, -0.15) is 0 Å². The van der Waals surface area contributed by atoms with Crippen molar-refractivity contribution in [1.82, 2.24) is 14.8 Å². The van der Waals surface area contributed by atoms with Crippen molar-refractivity contribution in [2.24, 2.45) is 0 Å². The number of halogens is 2. The van der Waals surface area contributed by atoms with E-state index in [-0.39, 0.29) is 5.82 Å². The molecule has 0 aliphatic carbocycles. The maximum Gasteiger partial charge on any atom is 0.132 e. The molecule has 0 saturated carbocycles. The Morgan fingerprint density at radius 3 is 2.15 bits per heavy atom. The molecular formula is C33H46ClFN4O. The molecule has 2 heterocycles. The Balaban J connectivity index is 0.000000810. The van der Waals surface area contributed by atoms with E-state index in [0.717, 1.165) is 64.8 Å². The minimum atomic E-state index is -0.241. The number of aromatic nitrogens is 1. The number of piperazine rings is 1. The van der Waals surface area contributed by atoms with Gasteiger partial charge in [0, 0.05) is 75.8 Å². The summed E-state index contributed by atoms with van der Waals surface area (Å²) in [7, 11) is 0. The van der Waals surface area contributed by atoms with Crippen molar-refractivity contribution in [2.75, 3.05) is 50.8 Å². The third-order valence-corrected chi connectivity index (χ3v) is 7.60. The molecule has 0 bridgehead atoms. The SMILES string of the molecule is CCN(Cc1ccc(CN2CCN(c3ncccc3C(C)C)CC2)cc1)Cc1c(F)cccc1Cl.CCOCC. The minimum absolute atomic E-state index is 0.241. The first kappa shape index (κ1) is 32.0. The second-order valence-corrected chi connectivity index (χ2v) is 10.8. The Morgan fingerprint density at radius 2 is 1.57 bits per heavy atom. The Kier molecular flexibility index (Phi) is 13.3. The van der Waals surface area contributed by atoms with Gasteiger partial charge in [0.2, 0.25) is 0 Å². The fraction of sp³-hybridized carbons (Fsp3) is 0.485. The molecule has 40 heavy (non-hydrogen) atoms. The molecule has 5 nitrogen and oxygen atoms in total. The van der Waals surface area contributed by atoms with Crippen LogP contribution < -0.4 is 4.90 Å². The first-order valence-corrected chi connectivity index (χ1v) is 15.0. The highest BCUT2D eigenvalue weighted by atomic mass is 35.5. The van der Waals surface area contributed by atoms with Crippen LogP contribution in [0.1, 0.15) is 62.8 Å². The maximum absolute atomic E-state index is 14.2. The quantitative estimate of drug-likeness (QED) is 0.241. The molecule has 7 heteroatoms. The van der Waals surface area contributed by atoms with Crippen molar-refractivity contribution >= 4 is 17.4 Å². The van der Waals surface area contributed by atoms with E-state index in [0.29, 0.717) is 23.0 Å². The highest BCUT2D eigenvalue weighted by Crippen LogP contribution is 2.26. The third-order valence-electron chi connectivity index (χ3n) is 7.24. The van der Waals surface area contributed by atoms with E-state index >= 15 is 0 Å². The van der Waals surface area contributed by atoms with E-state index in [9.17, 15) is 4.39 Å². The third kappa shape index (κ3) is 9.55. The zero-order chi connectivity index (χ0) is 28.9. The number of pyridine rings is 1. The summed E-state index contributed by atoms with van der Waals surface area (Å²) < 4.78 is 19.0. The second-order valence-electron chi connectivity index (χ2n) is 10.4. The standard InChI is InChI=1S/C29H36ClFN4.C4H10O/c1-4-33(21-26-27(30)8-5-9-28(26)31)19-23-10-12-24(13-11-23)20-34-15-17-35(18-16-34)29-25(22(2)3)7-6-14-32-29;1-3-5-4-2/h5-14,22H,4,15-21H2,1-3H3;3-4H2,1-2H3. The van der Waals surface area contributed by atoms with Crippen molar-refractivity contribution in [2.45, 2.75) is 60.2 Å². The van der Waals surface area contributed by atoms with Gasteiger partial charge in [0.15, 0.2) is 0 Å². The Hall–Kier alpha value is -2.51. The van der Waals surface area contributed by atoms with Crippen LogP contribution in [0.4, 0.5) is 10.2 Å². The number of hydrogen-bond acceptors (Lipinski definition) is 5. The lowest BCUT2D eigenvalue weighted by Crippen LogP contribution is -2.46. The number of rotatable bonds is 11. The molecule has 218 valence electrons. The minimum Gasteiger partial charge on any atom is -0.382 e. The van der Waals surface area contributed by atoms with Crippen LogP contribution in [0.3, 0.4) is 0 Å². The van der Waals surface area contributed by atoms with Gasteiger partial charge >= 0.3 is 0 Å². The number of ether oxygens (including phenoxy) is 1. The van der Waals surface area contributed by atoms with Crippen molar-refractivity contribution < 1.29 is 9.13 Å². The first-order valence-electron chi connectivity index (χ1n) is 14.6. The number of anilines is 1. The summed E-state index contributed by atoms with van der Waals surface area (Å²) in [6, 6.07) is 17.9. The van der Waals surface area contributed by atoms with Crippen LogP contribution in [0.5, 0.6) is 0 Å². The monoisotopic (exact) mass is 568 g/mol. The van der Waals surface area contributed by atoms with Gasteiger partial charge in [-0.15, -0.1) is 0 Å². The van der Waals surface area contributed by atoms with Crippen molar-refractivity contribution in [3.05, 3.63) is 93.9 Å². The molecule has 1 aliphatic rings. The van der Waals surface area contributed by atoms with Gasteiger partial charge in [-0.1, -0.05) is 68.8 Å². The van der Waals surface area contributed by atoms with Crippen molar-refractivity contribution in [3.8, 4) is 0 Å². The Bertz CT molecular complexity index is 1130. The normalized spacial score (nSPS) is 14.0. The van der Waals surface area contributed by atoms with Crippen molar-refractivity contribution in [3.63, 3.8) is 0 Å². The molecule has 0 unspecified atom stereocenters. The largest absolute Gasteiger partial charge is 0.382 e. The molecule has 1 saturated heterocycles. The molecule has 0 spiro atoms. The van der Waals surface area contributed by atoms with E-state index in [4.69, 9.17) is 16.3 Å². The summed E-state index contributed by atoms with van der Waals surface area (Å²) >= 11 is 6.23. The van der Waals surface area contributed by atoms with E-state index in [1.165, 1.54) is 22.8 Å². The lowest BCUT2D eigenvalue weighted by atomic mass is 10.0. The van der Waals surface area contributed by atoms with Gasteiger partial charge in [-0.3, -0.25) is 9.80 Å². The fourth-order valence-electron chi connectivity index (χ4n) is 4.90. The predicted octanol–water partition coefficient (Wildman–Crippen LogP) is 7.38. The van der Waals surface area contributed by atoms with E-state index < -0.39 is 0 Å². The smallest absolute Gasteiger partial charge is 0.132 e. The van der Waals surface area contributed by atoms with E-state index in [1.54, 1.807) is 12.1 Å². The predicted molar refractivity (Wildman–Crippen MR) is 166 cm³/mol. The summed E-state index contributed by atoms with van der Waals surface area (Å²) in [4.78, 5) is 11.8. The van der Waals surface area contributed by atoms with E-state index in [1.807, 2.05) is 26.1 Å². The van der Waals surface area contributed by atoms with Gasteiger partial charge < -0.3 is 9.64 Å². The van der Waals surface area contributed by atoms with Gasteiger partial charge in [0.05, 0.1) is 0 Å². The van der Waals surface area contributed by atoms with Crippen LogP contribution in [0.15, 0.2) is 60.8 Å². The first-order chi connectivity index (χ1) is 19.4. The number of nitrogens with zero attached hydrogens (tertiary/aromatic N) is 4. The highest BCUT2D eigenvalue weighted by Gasteiger charge is 2.21. The van der Waals surface area contributed by atoms with Gasteiger partial charge in [-0.25, -0.2) is 9.37 Å². The van der Waals surface area contributed by atoms with Crippen LogP contribution in [0, 0.1) is 5.82 Å². The molecule has 0 amide bonds. The summed E-state index contributed by atoms with van der Waals surface area (Å²) in [5.41, 5.74) is 4.44. The van der Waals surface area contributed by atoms with Gasteiger partial charge in [0.25, 0.3) is 0 Å². The zero-order valence-corrected chi connectivity index (χ0v) is 25.6.